The second-order valence-electron chi connectivity index (χ2n) is 20.5. The molecule has 1 fully saturated rings. The quantitative estimate of drug-likeness (QED) is 0.0267. The van der Waals surface area contributed by atoms with Gasteiger partial charge in [0.15, 0.2) is 6.29 Å². The lowest BCUT2D eigenvalue weighted by molar-refractivity contribution is -0.305. The molecule has 68 heavy (non-hydrogen) atoms. The van der Waals surface area contributed by atoms with Gasteiger partial charge in [0.2, 0.25) is 0 Å². The highest BCUT2D eigenvalue weighted by Crippen LogP contribution is 2.23. The predicted molar refractivity (Wildman–Crippen MR) is 284 cm³/mol. The molecule has 1 rings (SSSR count). The number of carbonyl (C=O) groups is 1. The van der Waals surface area contributed by atoms with Gasteiger partial charge in [-0.05, 0) is 44.9 Å². The van der Waals surface area contributed by atoms with Crippen LogP contribution in [0.1, 0.15) is 284 Å². The van der Waals surface area contributed by atoms with Crippen LogP contribution in [-0.2, 0) is 23.7 Å². The molecule has 0 radical (unpaired) electrons. The Morgan fingerprint density at radius 3 is 1.26 bits per heavy atom. The first-order valence-electron chi connectivity index (χ1n) is 29.4. The molecule has 0 amide bonds. The molecule has 0 aromatic rings. The van der Waals surface area contributed by atoms with Gasteiger partial charge in [0, 0.05) is 13.0 Å². The first-order chi connectivity index (χ1) is 33.4. The average molecular weight is 966 g/mol. The Bertz CT molecular complexity index is 1100. The minimum absolute atomic E-state index is 0.110. The Labute approximate surface area is 419 Å². The number of rotatable bonds is 52. The van der Waals surface area contributed by atoms with Crippen molar-refractivity contribution in [2.24, 2.45) is 0 Å². The number of aliphatic hydroxyl groups excluding tert-OH is 4. The Morgan fingerprint density at radius 1 is 0.471 bits per heavy atom. The Balaban J connectivity index is 2.13. The molecule has 0 spiro atoms. The number of esters is 1. The number of hydrogen-bond donors (Lipinski definition) is 4. The zero-order chi connectivity index (χ0) is 49.2. The zero-order valence-electron chi connectivity index (χ0n) is 44.6. The first kappa shape index (κ1) is 64.7. The van der Waals surface area contributed by atoms with E-state index in [1.165, 1.54) is 225 Å². The summed E-state index contributed by atoms with van der Waals surface area (Å²) in [6.07, 6.45) is 55.1. The molecule has 0 aromatic heterocycles. The zero-order valence-corrected chi connectivity index (χ0v) is 44.6. The number of ether oxygens (including phenoxy) is 4. The van der Waals surface area contributed by atoms with Crippen molar-refractivity contribution >= 4 is 5.97 Å². The van der Waals surface area contributed by atoms with Crippen molar-refractivity contribution in [2.75, 3.05) is 26.4 Å². The van der Waals surface area contributed by atoms with Crippen LogP contribution < -0.4 is 0 Å². The molecule has 6 atom stereocenters. The molecule has 6 unspecified atom stereocenters. The van der Waals surface area contributed by atoms with Crippen molar-refractivity contribution in [3.63, 3.8) is 0 Å². The summed E-state index contributed by atoms with van der Waals surface area (Å²) in [6, 6.07) is 0. The van der Waals surface area contributed by atoms with Crippen molar-refractivity contribution in [3.05, 3.63) is 24.3 Å². The molecule has 0 aliphatic carbocycles. The number of carbonyl (C=O) groups excluding carboxylic acids is 1. The van der Waals surface area contributed by atoms with Gasteiger partial charge in [0.25, 0.3) is 0 Å². The van der Waals surface area contributed by atoms with Gasteiger partial charge in [0.1, 0.15) is 30.5 Å². The molecule has 1 aliphatic rings. The molecule has 402 valence electrons. The topological polar surface area (TPSA) is 135 Å². The molecule has 9 nitrogen and oxygen atoms in total. The second kappa shape index (κ2) is 50.6. The minimum atomic E-state index is -1.54. The molecule has 4 N–H and O–H groups in total. The standard InChI is InChI=1S/C59H112O9/c1-3-5-7-9-11-13-15-17-19-21-23-25-26-27-29-31-33-35-37-39-41-43-45-47-49-65-51-53(52-66-59-58(64)57(63)56(62)54(50-60)68-59)67-55(61)48-46-44-42-40-38-36-34-32-30-28-24-22-20-18-16-14-12-10-8-6-4-2/h16,18,22,24,53-54,56-60,62-64H,3-15,17,19-21,23,25-52H2,1-2H3/b18-16-,24-22-. The third-order valence-corrected chi connectivity index (χ3v) is 13.9. The van der Waals surface area contributed by atoms with Gasteiger partial charge in [-0.1, -0.05) is 256 Å². The van der Waals surface area contributed by atoms with Crippen molar-refractivity contribution in [1.29, 1.82) is 0 Å². The summed E-state index contributed by atoms with van der Waals surface area (Å²) in [6.45, 7) is 4.61. The van der Waals surface area contributed by atoms with Crippen LogP contribution in [0.4, 0.5) is 0 Å². The van der Waals surface area contributed by atoms with Gasteiger partial charge in [-0.3, -0.25) is 4.79 Å². The van der Waals surface area contributed by atoms with Crippen LogP contribution in [0.3, 0.4) is 0 Å². The third-order valence-electron chi connectivity index (χ3n) is 13.9. The molecular weight excluding hydrogens is 853 g/mol. The fourth-order valence-corrected chi connectivity index (χ4v) is 9.29. The maximum atomic E-state index is 12.9. The summed E-state index contributed by atoms with van der Waals surface area (Å²) in [7, 11) is 0. The van der Waals surface area contributed by atoms with Crippen LogP contribution in [0.5, 0.6) is 0 Å². The van der Waals surface area contributed by atoms with Crippen LogP contribution in [0.2, 0.25) is 0 Å². The molecule has 1 aliphatic heterocycles. The largest absolute Gasteiger partial charge is 0.457 e. The van der Waals surface area contributed by atoms with Gasteiger partial charge in [-0.25, -0.2) is 0 Å². The van der Waals surface area contributed by atoms with Gasteiger partial charge < -0.3 is 39.4 Å². The van der Waals surface area contributed by atoms with E-state index in [1.54, 1.807) is 0 Å². The normalized spacial score (nSPS) is 19.2. The van der Waals surface area contributed by atoms with Crippen molar-refractivity contribution in [1.82, 2.24) is 0 Å². The van der Waals surface area contributed by atoms with Crippen LogP contribution in [-0.4, -0.2) is 89.6 Å². The maximum absolute atomic E-state index is 12.9. The lowest BCUT2D eigenvalue weighted by atomic mass is 9.99. The van der Waals surface area contributed by atoms with Crippen molar-refractivity contribution in [3.8, 4) is 0 Å². The van der Waals surface area contributed by atoms with Gasteiger partial charge >= 0.3 is 5.97 Å². The summed E-state index contributed by atoms with van der Waals surface area (Å²) in [5.41, 5.74) is 0. The Hall–Kier alpha value is -1.33. The van der Waals surface area contributed by atoms with E-state index in [2.05, 4.69) is 38.2 Å². The van der Waals surface area contributed by atoms with E-state index in [-0.39, 0.29) is 19.2 Å². The average Bonchev–Trinajstić information content (AvgIpc) is 3.34. The molecule has 0 aromatic carbocycles. The number of allylic oxidation sites excluding steroid dienone is 4. The Kier molecular flexibility index (Phi) is 48.1. The SMILES string of the molecule is CCCCCCC/C=C\C/C=C\CCCCCCCCCCCC(=O)OC(COCCCCCCCCCCCCCCCCCCCCCCCCCC)COC1OC(CO)C(O)C(O)C1O. The van der Waals surface area contributed by atoms with Crippen LogP contribution in [0, 0.1) is 0 Å². The summed E-state index contributed by atoms with van der Waals surface area (Å²) in [5.74, 6) is -0.311. The lowest BCUT2D eigenvalue weighted by Gasteiger charge is -2.39. The first-order valence-corrected chi connectivity index (χ1v) is 29.4. The minimum Gasteiger partial charge on any atom is -0.457 e. The Morgan fingerprint density at radius 2 is 0.853 bits per heavy atom. The number of aliphatic hydroxyl groups is 4. The maximum Gasteiger partial charge on any atom is 0.306 e. The highest BCUT2D eigenvalue weighted by molar-refractivity contribution is 5.69. The van der Waals surface area contributed by atoms with E-state index in [1.807, 2.05) is 0 Å². The molecule has 0 bridgehead atoms. The second-order valence-corrected chi connectivity index (χ2v) is 20.5. The fraction of sp³-hybridized carbons (Fsp3) is 0.915. The summed E-state index contributed by atoms with van der Waals surface area (Å²) < 4.78 is 23.0. The van der Waals surface area contributed by atoms with E-state index in [0.717, 1.165) is 38.5 Å². The molecule has 9 heteroatoms. The van der Waals surface area contributed by atoms with Gasteiger partial charge in [-0.2, -0.15) is 0 Å². The van der Waals surface area contributed by atoms with E-state index >= 15 is 0 Å². The van der Waals surface area contributed by atoms with E-state index in [0.29, 0.717) is 13.0 Å². The summed E-state index contributed by atoms with van der Waals surface area (Å²) >= 11 is 0. The van der Waals surface area contributed by atoms with Gasteiger partial charge in [0.05, 0.1) is 19.8 Å². The smallest absolute Gasteiger partial charge is 0.306 e. The fourth-order valence-electron chi connectivity index (χ4n) is 9.29. The molecular formula is C59H112O9. The molecule has 1 heterocycles. The summed E-state index contributed by atoms with van der Waals surface area (Å²) in [4.78, 5) is 12.9. The molecule has 1 saturated heterocycles. The molecule has 0 saturated carbocycles. The van der Waals surface area contributed by atoms with E-state index < -0.39 is 43.4 Å². The van der Waals surface area contributed by atoms with Crippen molar-refractivity contribution in [2.45, 2.75) is 320 Å². The monoisotopic (exact) mass is 965 g/mol. The lowest BCUT2D eigenvalue weighted by Crippen LogP contribution is -2.59. The third kappa shape index (κ3) is 40.3. The van der Waals surface area contributed by atoms with Crippen molar-refractivity contribution < 1.29 is 44.2 Å². The van der Waals surface area contributed by atoms with E-state index in [4.69, 9.17) is 18.9 Å². The summed E-state index contributed by atoms with van der Waals surface area (Å²) in [5, 5.41) is 40.4. The van der Waals surface area contributed by atoms with Gasteiger partial charge in [-0.15, -0.1) is 0 Å². The van der Waals surface area contributed by atoms with Crippen LogP contribution >= 0.6 is 0 Å². The van der Waals surface area contributed by atoms with Crippen LogP contribution in [0.15, 0.2) is 24.3 Å². The predicted octanol–water partition coefficient (Wildman–Crippen LogP) is 15.3. The highest BCUT2D eigenvalue weighted by atomic mass is 16.7. The number of unbranched alkanes of at least 4 members (excludes halogenated alkanes) is 37. The highest BCUT2D eigenvalue weighted by Gasteiger charge is 2.44. The number of hydrogen-bond acceptors (Lipinski definition) is 9. The van der Waals surface area contributed by atoms with E-state index in [9.17, 15) is 25.2 Å². The van der Waals surface area contributed by atoms with Crippen LogP contribution in [0.25, 0.3) is 0 Å².